The first kappa shape index (κ1) is 13.2. The molecule has 0 unspecified atom stereocenters. The lowest BCUT2D eigenvalue weighted by Crippen LogP contribution is -2.22. The van der Waals surface area contributed by atoms with Crippen LogP contribution in [0.1, 0.15) is 30.1 Å². The van der Waals surface area contributed by atoms with Crippen LogP contribution in [0.4, 0.5) is 5.13 Å². The third-order valence-corrected chi connectivity index (χ3v) is 5.39. The summed E-state index contributed by atoms with van der Waals surface area (Å²) in [4.78, 5) is 7.84. The van der Waals surface area contributed by atoms with Gasteiger partial charge in [0.15, 0.2) is 11.5 Å². The van der Waals surface area contributed by atoms with E-state index >= 15 is 0 Å². The van der Waals surface area contributed by atoms with Crippen molar-refractivity contribution < 1.29 is 9.47 Å². The fourth-order valence-electron chi connectivity index (χ4n) is 3.38. The molecule has 1 aromatic carbocycles. The first-order chi connectivity index (χ1) is 11.3. The Morgan fingerprint density at radius 1 is 1.26 bits per heavy atom. The Hall–Kier alpha value is -2.28. The van der Waals surface area contributed by atoms with Gasteiger partial charge in [-0.05, 0) is 37.5 Å². The van der Waals surface area contributed by atoms with Gasteiger partial charge < -0.3 is 14.4 Å². The highest BCUT2D eigenvalue weighted by Gasteiger charge is 2.30. The number of hydrogen-bond donors (Lipinski definition) is 0. The summed E-state index contributed by atoms with van der Waals surface area (Å²) < 4.78 is 12.8. The Balaban J connectivity index is 1.50. The van der Waals surface area contributed by atoms with Crippen LogP contribution < -0.4 is 14.4 Å². The van der Waals surface area contributed by atoms with Crippen LogP contribution in [0, 0.1) is 6.92 Å². The summed E-state index contributed by atoms with van der Waals surface area (Å²) in [7, 11) is 0. The number of imidazole rings is 1. The molecule has 0 aliphatic carbocycles. The number of hydrogen-bond acceptors (Lipinski definition) is 6. The van der Waals surface area contributed by atoms with Crippen LogP contribution in [0.15, 0.2) is 24.4 Å². The minimum absolute atomic E-state index is 0.316. The predicted molar refractivity (Wildman–Crippen MR) is 87.5 cm³/mol. The number of benzene rings is 1. The van der Waals surface area contributed by atoms with Gasteiger partial charge in [-0.25, -0.2) is 9.50 Å². The number of aryl methyl sites for hydroxylation is 1. The Morgan fingerprint density at radius 2 is 2.17 bits per heavy atom. The third-order valence-electron chi connectivity index (χ3n) is 4.43. The van der Waals surface area contributed by atoms with Gasteiger partial charge in [0.25, 0.3) is 0 Å². The number of rotatable bonds is 2. The Labute approximate surface area is 137 Å². The average molecular weight is 328 g/mol. The Kier molecular flexibility index (Phi) is 2.78. The van der Waals surface area contributed by atoms with Gasteiger partial charge in [-0.3, -0.25) is 0 Å². The topological polar surface area (TPSA) is 51.9 Å². The van der Waals surface area contributed by atoms with Gasteiger partial charge in [0.05, 0.1) is 17.9 Å². The summed E-state index contributed by atoms with van der Waals surface area (Å²) in [6, 6.07) is 6.58. The number of ether oxygens (including phenoxy) is 2. The lowest BCUT2D eigenvalue weighted by Gasteiger charge is -2.24. The number of aromatic nitrogens is 3. The zero-order valence-corrected chi connectivity index (χ0v) is 13.5. The van der Waals surface area contributed by atoms with Crippen molar-refractivity contribution in [2.75, 3.05) is 18.2 Å². The molecule has 0 saturated carbocycles. The fraction of sp³-hybridized carbons (Fsp3) is 0.375. The van der Waals surface area contributed by atoms with Crippen LogP contribution in [-0.2, 0) is 0 Å². The quantitative estimate of drug-likeness (QED) is 0.723. The number of nitrogens with zero attached hydrogens (tertiary/aromatic N) is 4. The van der Waals surface area contributed by atoms with Crippen molar-refractivity contribution in [3.8, 4) is 11.5 Å². The summed E-state index contributed by atoms with van der Waals surface area (Å²) in [6.45, 7) is 3.33. The second kappa shape index (κ2) is 4.86. The predicted octanol–water partition coefficient (Wildman–Crippen LogP) is 3.17. The molecule has 1 atom stereocenters. The molecular weight excluding hydrogens is 312 g/mol. The zero-order chi connectivity index (χ0) is 15.4. The zero-order valence-electron chi connectivity index (χ0n) is 12.7. The average Bonchev–Trinajstić information content (AvgIpc) is 3.28. The molecule has 0 radical (unpaired) electrons. The summed E-state index contributed by atoms with van der Waals surface area (Å²) in [5.74, 6) is 1.68. The molecule has 0 bridgehead atoms. The van der Waals surface area contributed by atoms with Crippen LogP contribution in [0.2, 0.25) is 0 Å². The van der Waals surface area contributed by atoms with Gasteiger partial charge in [0.1, 0.15) is 0 Å². The summed E-state index contributed by atoms with van der Waals surface area (Å²) >= 11 is 1.65. The third kappa shape index (κ3) is 2.07. The Morgan fingerprint density at radius 3 is 3.09 bits per heavy atom. The van der Waals surface area contributed by atoms with Gasteiger partial charge in [-0.2, -0.15) is 0 Å². The molecule has 4 heterocycles. The van der Waals surface area contributed by atoms with Crippen molar-refractivity contribution in [2.24, 2.45) is 0 Å². The van der Waals surface area contributed by atoms with Gasteiger partial charge in [-0.15, -0.1) is 5.10 Å². The molecule has 1 fully saturated rings. The molecule has 0 N–H and O–H groups in total. The maximum atomic E-state index is 5.52. The summed E-state index contributed by atoms with van der Waals surface area (Å²) in [5, 5.41) is 5.74. The second-order valence-electron chi connectivity index (χ2n) is 5.96. The highest BCUT2D eigenvalue weighted by Crippen LogP contribution is 2.41. The molecule has 5 rings (SSSR count). The van der Waals surface area contributed by atoms with Crippen molar-refractivity contribution in [3.05, 3.63) is 35.7 Å². The summed E-state index contributed by atoms with van der Waals surface area (Å²) in [6.07, 6.45) is 4.27. The minimum Gasteiger partial charge on any atom is -0.454 e. The van der Waals surface area contributed by atoms with E-state index in [4.69, 9.17) is 14.6 Å². The molecule has 1 saturated heterocycles. The van der Waals surface area contributed by atoms with E-state index in [1.54, 1.807) is 11.3 Å². The lowest BCUT2D eigenvalue weighted by molar-refractivity contribution is 0.174. The first-order valence-corrected chi connectivity index (χ1v) is 8.58. The van der Waals surface area contributed by atoms with Crippen molar-refractivity contribution in [2.45, 2.75) is 25.8 Å². The SMILES string of the molecule is Cc1cn2nc(N3CCC[C@@H]3c3ccc4c(c3)OCO4)sc2n1. The smallest absolute Gasteiger partial charge is 0.231 e. The molecule has 6 nitrogen and oxygen atoms in total. The van der Waals surface area contributed by atoms with Crippen molar-refractivity contribution in [1.29, 1.82) is 0 Å². The molecule has 3 aromatic rings. The van der Waals surface area contributed by atoms with Crippen LogP contribution in [0.5, 0.6) is 11.5 Å². The highest BCUT2D eigenvalue weighted by atomic mass is 32.1. The Bertz CT molecular complexity index is 856. The second-order valence-corrected chi connectivity index (χ2v) is 6.89. The molecule has 2 aromatic heterocycles. The highest BCUT2D eigenvalue weighted by molar-refractivity contribution is 7.20. The van der Waals surface area contributed by atoms with E-state index < -0.39 is 0 Å². The van der Waals surface area contributed by atoms with Crippen molar-refractivity contribution >= 4 is 21.4 Å². The molecule has 0 amide bonds. The maximum Gasteiger partial charge on any atom is 0.231 e. The molecule has 7 heteroatoms. The van der Waals surface area contributed by atoms with E-state index in [9.17, 15) is 0 Å². The van der Waals surface area contributed by atoms with Crippen LogP contribution in [0.25, 0.3) is 4.96 Å². The molecule has 0 spiro atoms. The van der Waals surface area contributed by atoms with Crippen LogP contribution >= 0.6 is 11.3 Å². The van der Waals surface area contributed by atoms with Crippen LogP contribution in [0.3, 0.4) is 0 Å². The molecule has 118 valence electrons. The van der Waals surface area contributed by atoms with Gasteiger partial charge in [0.2, 0.25) is 16.9 Å². The molecule has 2 aliphatic rings. The molecule has 23 heavy (non-hydrogen) atoms. The van der Waals surface area contributed by atoms with Crippen molar-refractivity contribution in [1.82, 2.24) is 14.6 Å². The normalized spacial score (nSPS) is 19.9. The van der Waals surface area contributed by atoms with Crippen LogP contribution in [-0.4, -0.2) is 27.9 Å². The fourth-order valence-corrected chi connectivity index (χ4v) is 4.38. The monoisotopic (exact) mass is 328 g/mol. The van der Waals surface area contributed by atoms with Gasteiger partial charge in [0, 0.05) is 6.54 Å². The van der Waals surface area contributed by atoms with Gasteiger partial charge in [-0.1, -0.05) is 17.4 Å². The standard InChI is InChI=1S/C16H16N4O2S/c1-10-8-20-15(17-10)23-16(18-20)19-6-2-3-12(19)11-4-5-13-14(7-11)22-9-21-13/h4-5,7-8,12H,2-3,6,9H2,1H3/t12-/m1/s1. The van der Waals surface area contributed by atoms with E-state index in [-0.39, 0.29) is 0 Å². The maximum absolute atomic E-state index is 5.52. The largest absolute Gasteiger partial charge is 0.454 e. The summed E-state index contributed by atoms with van der Waals surface area (Å²) in [5.41, 5.74) is 2.26. The van der Waals surface area contributed by atoms with Gasteiger partial charge >= 0.3 is 0 Å². The first-order valence-electron chi connectivity index (χ1n) is 7.77. The lowest BCUT2D eigenvalue weighted by atomic mass is 10.0. The van der Waals surface area contributed by atoms with E-state index in [1.165, 1.54) is 12.0 Å². The number of fused-ring (bicyclic) bond motifs is 2. The minimum atomic E-state index is 0.316. The van der Waals surface area contributed by atoms with E-state index in [1.807, 2.05) is 23.7 Å². The molecule has 2 aliphatic heterocycles. The number of anilines is 1. The van der Waals surface area contributed by atoms with E-state index in [0.29, 0.717) is 12.8 Å². The van der Waals surface area contributed by atoms with E-state index in [0.717, 1.165) is 40.3 Å². The molecular formula is C16H16N4O2S. The van der Waals surface area contributed by atoms with Crippen molar-refractivity contribution in [3.63, 3.8) is 0 Å². The van der Waals surface area contributed by atoms with E-state index in [2.05, 4.69) is 22.0 Å².